The number of hydrogen-bond acceptors (Lipinski definition) is 5. The summed E-state index contributed by atoms with van der Waals surface area (Å²) in [5.41, 5.74) is 0.710. The van der Waals surface area contributed by atoms with Crippen molar-refractivity contribution in [2.45, 2.75) is 12.5 Å². The molecule has 0 radical (unpaired) electrons. The third-order valence-electron chi connectivity index (χ3n) is 3.73. The molecule has 1 heterocycles. The highest BCUT2D eigenvalue weighted by Gasteiger charge is 2.32. The van der Waals surface area contributed by atoms with Gasteiger partial charge in [0.05, 0.1) is 26.9 Å². The number of rotatable bonds is 7. The zero-order valence-electron chi connectivity index (χ0n) is 14.1. The SMILES string of the molecule is COCCNC(=O)N[C@@H]1CC(=O)N(c2ccc(OC)c(OC)c2)C1. The van der Waals surface area contributed by atoms with Crippen LogP contribution in [0.3, 0.4) is 0 Å². The number of nitrogens with one attached hydrogen (secondary N) is 2. The van der Waals surface area contributed by atoms with Crippen LogP contribution in [0.25, 0.3) is 0 Å². The summed E-state index contributed by atoms with van der Waals surface area (Å²) in [4.78, 5) is 25.6. The number of ether oxygens (including phenoxy) is 3. The van der Waals surface area contributed by atoms with Gasteiger partial charge >= 0.3 is 6.03 Å². The van der Waals surface area contributed by atoms with Crippen molar-refractivity contribution >= 4 is 17.6 Å². The maximum Gasteiger partial charge on any atom is 0.315 e. The quantitative estimate of drug-likeness (QED) is 0.717. The summed E-state index contributed by atoms with van der Waals surface area (Å²) < 4.78 is 15.3. The largest absolute Gasteiger partial charge is 0.493 e. The van der Waals surface area contributed by atoms with Crippen molar-refractivity contribution in [1.29, 1.82) is 0 Å². The summed E-state index contributed by atoms with van der Waals surface area (Å²) in [6.07, 6.45) is 0.256. The Morgan fingerprint density at radius 1 is 1.25 bits per heavy atom. The van der Waals surface area contributed by atoms with Gasteiger partial charge in [-0.3, -0.25) is 4.79 Å². The third-order valence-corrected chi connectivity index (χ3v) is 3.73. The standard InChI is InChI=1S/C16H23N3O5/c1-22-7-6-17-16(21)18-11-8-15(20)19(10-11)12-4-5-13(23-2)14(9-12)24-3/h4-5,9,11H,6-8,10H2,1-3H3,(H2,17,18,21)/t11-/m1/s1. The molecule has 0 saturated carbocycles. The van der Waals surface area contributed by atoms with Crippen LogP contribution in [0, 0.1) is 0 Å². The Bertz CT molecular complexity index is 593. The molecule has 8 nitrogen and oxygen atoms in total. The van der Waals surface area contributed by atoms with Crippen LogP contribution in [-0.4, -0.2) is 59.0 Å². The molecule has 0 spiro atoms. The lowest BCUT2D eigenvalue weighted by Crippen LogP contribution is -2.44. The van der Waals surface area contributed by atoms with E-state index < -0.39 is 0 Å². The molecule has 1 fully saturated rings. The lowest BCUT2D eigenvalue weighted by Gasteiger charge is -2.19. The molecule has 0 aliphatic carbocycles. The minimum atomic E-state index is -0.306. The highest BCUT2D eigenvalue weighted by Crippen LogP contribution is 2.33. The molecule has 2 rings (SSSR count). The lowest BCUT2D eigenvalue weighted by molar-refractivity contribution is -0.117. The summed E-state index contributed by atoms with van der Waals surface area (Å²) in [7, 11) is 4.67. The van der Waals surface area contributed by atoms with Gasteiger partial charge in [0.15, 0.2) is 11.5 Å². The van der Waals surface area contributed by atoms with Gasteiger partial charge in [-0.2, -0.15) is 0 Å². The summed E-state index contributed by atoms with van der Waals surface area (Å²) in [5, 5.41) is 5.47. The smallest absolute Gasteiger partial charge is 0.315 e. The van der Waals surface area contributed by atoms with Crippen molar-refractivity contribution in [1.82, 2.24) is 10.6 Å². The van der Waals surface area contributed by atoms with Gasteiger partial charge in [-0.05, 0) is 12.1 Å². The fourth-order valence-electron chi connectivity index (χ4n) is 2.55. The molecule has 3 amide bonds. The van der Waals surface area contributed by atoms with Crippen LogP contribution < -0.4 is 25.0 Å². The van der Waals surface area contributed by atoms with E-state index in [0.717, 1.165) is 0 Å². The Balaban J connectivity index is 1.98. The van der Waals surface area contributed by atoms with Gasteiger partial charge in [0.2, 0.25) is 5.91 Å². The second kappa shape index (κ2) is 8.39. The van der Waals surface area contributed by atoms with Crippen LogP contribution >= 0.6 is 0 Å². The van der Waals surface area contributed by atoms with E-state index in [0.29, 0.717) is 36.9 Å². The van der Waals surface area contributed by atoms with Gasteiger partial charge in [-0.15, -0.1) is 0 Å². The van der Waals surface area contributed by atoms with Crippen molar-refractivity contribution in [2.75, 3.05) is 45.9 Å². The predicted molar refractivity (Wildman–Crippen MR) is 88.7 cm³/mol. The number of hydrogen-bond donors (Lipinski definition) is 2. The van der Waals surface area contributed by atoms with E-state index in [9.17, 15) is 9.59 Å². The summed E-state index contributed by atoms with van der Waals surface area (Å²) >= 11 is 0. The first-order chi connectivity index (χ1) is 11.6. The van der Waals surface area contributed by atoms with E-state index in [1.165, 1.54) is 0 Å². The van der Waals surface area contributed by atoms with Gasteiger partial charge in [-0.25, -0.2) is 4.79 Å². The van der Waals surface area contributed by atoms with E-state index in [-0.39, 0.29) is 24.4 Å². The number of anilines is 1. The molecule has 0 unspecified atom stereocenters. The van der Waals surface area contributed by atoms with E-state index in [1.54, 1.807) is 44.4 Å². The number of methoxy groups -OCH3 is 3. The van der Waals surface area contributed by atoms with Gasteiger partial charge in [-0.1, -0.05) is 0 Å². The molecular formula is C16H23N3O5. The van der Waals surface area contributed by atoms with Crippen LogP contribution in [0.2, 0.25) is 0 Å². The Kier molecular flexibility index (Phi) is 6.25. The van der Waals surface area contributed by atoms with Crippen molar-refractivity contribution in [2.24, 2.45) is 0 Å². The average Bonchev–Trinajstić information content (AvgIpc) is 2.94. The van der Waals surface area contributed by atoms with Crippen molar-refractivity contribution < 1.29 is 23.8 Å². The molecule has 1 atom stereocenters. The molecule has 1 aliphatic rings. The second-order valence-corrected chi connectivity index (χ2v) is 5.34. The molecule has 8 heteroatoms. The molecule has 1 aromatic carbocycles. The van der Waals surface area contributed by atoms with Gasteiger partial charge in [0.25, 0.3) is 0 Å². The van der Waals surface area contributed by atoms with E-state index in [2.05, 4.69) is 10.6 Å². The van der Waals surface area contributed by atoms with Crippen LogP contribution in [0.5, 0.6) is 11.5 Å². The van der Waals surface area contributed by atoms with Crippen molar-refractivity contribution in [3.8, 4) is 11.5 Å². The lowest BCUT2D eigenvalue weighted by atomic mass is 10.2. The van der Waals surface area contributed by atoms with Crippen LogP contribution in [0.15, 0.2) is 18.2 Å². The molecule has 132 valence electrons. The Morgan fingerprint density at radius 2 is 2.00 bits per heavy atom. The van der Waals surface area contributed by atoms with E-state index >= 15 is 0 Å². The first kappa shape index (κ1) is 17.9. The highest BCUT2D eigenvalue weighted by molar-refractivity contribution is 5.97. The fraction of sp³-hybridized carbons (Fsp3) is 0.500. The average molecular weight is 337 g/mol. The first-order valence-electron chi connectivity index (χ1n) is 7.64. The Labute approximate surface area is 141 Å². The topological polar surface area (TPSA) is 89.1 Å². The van der Waals surface area contributed by atoms with Gasteiger partial charge in [0.1, 0.15) is 0 Å². The molecule has 0 bridgehead atoms. The summed E-state index contributed by atoms with van der Waals surface area (Å²) in [6.45, 7) is 1.27. The molecule has 2 N–H and O–H groups in total. The number of nitrogens with zero attached hydrogens (tertiary/aromatic N) is 1. The molecule has 24 heavy (non-hydrogen) atoms. The van der Waals surface area contributed by atoms with Crippen LogP contribution in [0.1, 0.15) is 6.42 Å². The second-order valence-electron chi connectivity index (χ2n) is 5.34. The maximum atomic E-state index is 12.2. The number of carbonyl (C=O) groups is 2. The minimum Gasteiger partial charge on any atom is -0.493 e. The molecular weight excluding hydrogens is 314 g/mol. The fourth-order valence-corrected chi connectivity index (χ4v) is 2.55. The van der Waals surface area contributed by atoms with Crippen LogP contribution in [0.4, 0.5) is 10.5 Å². The van der Waals surface area contributed by atoms with Gasteiger partial charge < -0.3 is 29.7 Å². The molecule has 1 aromatic rings. The molecule has 0 aromatic heterocycles. The van der Waals surface area contributed by atoms with Crippen molar-refractivity contribution in [3.05, 3.63) is 18.2 Å². The Morgan fingerprint density at radius 3 is 2.67 bits per heavy atom. The number of amides is 3. The third kappa shape index (κ3) is 4.29. The number of urea groups is 1. The maximum absolute atomic E-state index is 12.2. The summed E-state index contributed by atoms with van der Waals surface area (Å²) in [6, 6.07) is 4.74. The first-order valence-corrected chi connectivity index (χ1v) is 7.64. The van der Waals surface area contributed by atoms with E-state index in [4.69, 9.17) is 14.2 Å². The van der Waals surface area contributed by atoms with E-state index in [1.807, 2.05) is 0 Å². The normalized spacial score (nSPS) is 16.9. The predicted octanol–water partition coefficient (Wildman–Crippen LogP) is 0.755. The summed E-state index contributed by atoms with van der Waals surface area (Å²) in [5.74, 6) is 1.10. The zero-order valence-corrected chi connectivity index (χ0v) is 14.1. The Hall–Kier alpha value is -2.48. The monoisotopic (exact) mass is 337 g/mol. The van der Waals surface area contributed by atoms with Gasteiger partial charge in [0, 0.05) is 38.4 Å². The highest BCUT2D eigenvalue weighted by atomic mass is 16.5. The number of benzene rings is 1. The van der Waals surface area contributed by atoms with Crippen molar-refractivity contribution in [3.63, 3.8) is 0 Å². The number of carbonyl (C=O) groups excluding carboxylic acids is 2. The minimum absolute atomic E-state index is 0.0515. The van der Waals surface area contributed by atoms with Crippen LogP contribution in [-0.2, 0) is 9.53 Å². The molecule has 1 aliphatic heterocycles. The zero-order chi connectivity index (χ0) is 17.5. The molecule has 1 saturated heterocycles.